The van der Waals surface area contributed by atoms with E-state index in [4.69, 9.17) is 32.8 Å². The smallest absolute Gasteiger partial charge is 0.726 e. The van der Waals surface area contributed by atoms with Crippen molar-refractivity contribution in [1.82, 2.24) is 6.15 Å². The van der Waals surface area contributed by atoms with Gasteiger partial charge in [-0.3, -0.25) is 4.55 Å². The molecular formula is H5LiN2O7S. The van der Waals surface area contributed by atoms with E-state index in [0.717, 1.165) is 0 Å². The summed E-state index contributed by atoms with van der Waals surface area (Å²) in [6.45, 7) is 0. The van der Waals surface area contributed by atoms with Crippen LogP contribution in [0.5, 0.6) is 0 Å². The van der Waals surface area contributed by atoms with Crippen molar-refractivity contribution in [2.75, 3.05) is 0 Å². The summed E-state index contributed by atoms with van der Waals surface area (Å²) in [5.41, 5.74) is 0. The first-order chi connectivity index (χ1) is 3.73. The van der Waals surface area contributed by atoms with E-state index >= 15 is 0 Å². The average molecular weight is 184 g/mol. The summed E-state index contributed by atoms with van der Waals surface area (Å²) < 4.78 is 32.8. The van der Waals surface area contributed by atoms with Crippen molar-refractivity contribution in [2.24, 2.45) is 0 Å². The monoisotopic (exact) mass is 184 g/mol. The summed E-state index contributed by atoms with van der Waals surface area (Å²) >= 11 is 0. The fourth-order valence-corrected chi connectivity index (χ4v) is 0. The maximum absolute atomic E-state index is 8.63. The van der Waals surface area contributed by atoms with Gasteiger partial charge in [0.1, 0.15) is 0 Å². The van der Waals surface area contributed by atoms with Gasteiger partial charge in [-0.25, -0.2) is 8.42 Å². The van der Waals surface area contributed by atoms with Crippen molar-refractivity contribution in [2.45, 2.75) is 0 Å². The maximum Gasteiger partial charge on any atom is 1.00 e. The molecule has 0 spiro atoms. The zero-order valence-corrected chi connectivity index (χ0v) is 6.57. The van der Waals surface area contributed by atoms with Crippen LogP contribution in [0.2, 0.25) is 0 Å². The van der Waals surface area contributed by atoms with Crippen molar-refractivity contribution in [1.29, 1.82) is 0 Å². The Hall–Kier alpha value is -0.373. The van der Waals surface area contributed by atoms with Gasteiger partial charge in [-0.15, -0.1) is 0 Å². The van der Waals surface area contributed by atoms with Gasteiger partial charge in [0.15, 0.2) is 0 Å². The quantitative estimate of drug-likeness (QED) is 0.127. The topological polar surface area (TPSA) is 180 Å². The standard InChI is InChI=1S/Li.NO3.H3N.H2O4S/c;2-1(3)4;;1-5(2,3)4/h;;1H3;(H2,1,2,3,4)/q+1;-1;;. The molecule has 0 unspecified atom stereocenters. The Morgan fingerprint density at radius 3 is 1.27 bits per heavy atom. The van der Waals surface area contributed by atoms with Gasteiger partial charge in [-0.05, 0) is 0 Å². The molecule has 0 radical (unpaired) electrons. The molecule has 0 heterocycles. The molecular weight excluding hydrogens is 179 g/mol. The van der Waals surface area contributed by atoms with Gasteiger partial charge in [-0.1, -0.05) is 0 Å². The number of hydrogen-bond donors (Lipinski definition) is 2. The van der Waals surface area contributed by atoms with Crippen molar-refractivity contribution in [3.05, 3.63) is 15.3 Å². The van der Waals surface area contributed by atoms with E-state index in [0.29, 0.717) is 0 Å². The zero-order valence-electron chi connectivity index (χ0n) is 5.75. The number of hydrogen-bond acceptors (Lipinski definition) is 6. The summed E-state index contributed by atoms with van der Waals surface area (Å²) in [6, 6.07) is 0. The largest absolute Gasteiger partial charge is 1.00 e. The fraction of sp³-hybridized carbons (Fsp3) is 0. The third-order valence-electron chi connectivity index (χ3n) is 0. The zero-order chi connectivity index (χ0) is 8.08. The minimum absolute atomic E-state index is 0. The van der Waals surface area contributed by atoms with Crippen LogP contribution in [0.15, 0.2) is 0 Å². The van der Waals surface area contributed by atoms with E-state index in [-0.39, 0.29) is 25.0 Å². The Morgan fingerprint density at radius 1 is 1.27 bits per heavy atom. The molecule has 0 fully saturated rings. The Bertz CT molecular complexity index is 159. The molecule has 11 heavy (non-hydrogen) atoms. The third kappa shape index (κ3) is 4030. The molecule has 0 amide bonds. The van der Waals surface area contributed by atoms with Crippen LogP contribution in [0.4, 0.5) is 0 Å². The van der Waals surface area contributed by atoms with Crippen molar-refractivity contribution < 1.29 is 41.5 Å². The van der Waals surface area contributed by atoms with Crippen LogP contribution >= 0.6 is 0 Å². The van der Waals surface area contributed by atoms with Gasteiger partial charge in [0.05, 0.1) is 5.09 Å². The Balaban J connectivity index is -0.0000000383. The summed E-state index contributed by atoms with van der Waals surface area (Å²) in [5.74, 6) is 0. The minimum Gasteiger partial charge on any atom is -0.726 e. The Labute approximate surface area is 73.8 Å². The molecule has 0 aliphatic heterocycles. The normalized spacial score (nSPS) is 7.45. The molecule has 0 aromatic heterocycles. The van der Waals surface area contributed by atoms with Crippen LogP contribution in [-0.2, 0) is 10.4 Å². The van der Waals surface area contributed by atoms with Crippen molar-refractivity contribution >= 4 is 10.4 Å². The van der Waals surface area contributed by atoms with Crippen molar-refractivity contribution in [3.63, 3.8) is 0 Å². The summed E-state index contributed by atoms with van der Waals surface area (Å²) in [7, 11) is -4.92. The SMILES string of the molecule is O=S(=O)([O-])O.O=[N+]([O-])[O-].[Li+].[NH4+]. The summed E-state index contributed by atoms with van der Waals surface area (Å²) in [6.07, 6.45) is 0. The molecule has 0 aliphatic carbocycles. The van der Waals surface area contributed by atoms with Crippen molar-refractivity contribution in [3.8, 4) is 0 Å². The van der Waals surface area contributed by atoms with E-state index in [1.54, 1.807) is 0 Å². The fourth-order valence-electron chi connectivity index (χ4n) is 0. The number of nitrogens with zero attached hydrogens (tertiary/aromatic N) is 1. The summed E-state index contributed by atoms with van der Waals surface area (Å²) in [5, 5.41) is 14.8. The molecule has 0 bridgehead atoms. The average Bonchev–Trinajstić information content (AvgIpc) is 1.19. The number of rotatable bonds is 0. The first-order valence-electron chi connectivity index (χ1n) is 1.23. The van der Waals surface area contributed by atoms with Gasteiger partial charge >= 0.3 is 18.9 Å². The predicted octanol–water partition coefficient (Wildman–Crippen LogP) is -3.85. The van der Waals surface area contributed by atoms with Crippen LogP contribution < -0.4 is 25.0 Å². The first kappa shape index (κ1) is 22.4. The molecule has 0 atom stereocenters. The van der Waals surface area contributed by atoms with Gasteiger partial charge in [0, 0.05) is 0 Å². The second-order valence-electron chi connectivity index (χ2n) is 0.651. The van der Waals surface area contributed by atoms with Gasteiger partial charge < -0.3 is 26.0 Å². The Kier molecular flexibility index (Phi) is 19.6. The van der Waals surface area contributed by atoms with Gasteiger partial charge in [0.25, 0.3) is 0 Å². The second kappa shape index (κ2) is 9.63. The molecule has 0 saturated heterocycles. The number of quaternary nitrogens is 1. The van der Waals surface area contributed by atoms with E-state index in [1.807, 2.05) is 0 Å². The molecule has 9 nitrogen and oxygen atoms in total. The van der Waals surface area contributed by atoms with E-state index < -0.39 is 15.5 Å². The van der Waals surface area contributed by atoms with Crippen LogP contribution in [0.1, 0.15) is 0 Å². The predicted molar refractivity (Wildman–Crippen MR) is 28.7 cm³/mol. The van der Waals surface area contributed by atoms with Crippen LogP contribution in [-0.4, -0.2) is 22.6 Å². The molecule has 0 aromatic carbocycles. The van der Waals surface area contributed by atoms with Crippen LogP contribution in [0, 0.1) is 15.3 Å². The van der Waals surface area contributed by atoms with Gasteiger partial charge in [0.2, 0.25) is 10.4 Å². The van der Waals surface area contributed by atoms with E-state index in [9.17, 15) is 0 Å². The molecule has 5 N–H and O–H groups in total. The molecule has 11 heteroatoms. The minimum atomic E-state index is -4.92. The molecule has 0 saturated carbocycles. The summed E-state index contributed by atoms with van der Waals surface area (Å²) in [4.78, 5) is 8.25. The van der Waals surface area contributed by atoms with Gasteiger partial charge in [-0.2, -0.15) is 0 Å². The first-order valence-corrected chi connectivity index (χ1v) is 2.60. The van der Waals surface area contributed by atoms with E-state index in [1.165, 1.54) is 0 Å². The van der Waals surface area contributed by atoms with Crippen LogP contribution in [0.25, 0.3) is 0 Å². The third-order valence-corrected chi connectivity index (χ3v) is 0. The molecule has 0 aliphatic rings. The molecule has 0 rings (SSSR count). The molecule has 0 aromatic rings. The maximum atomic E-state index is 8.63. The molecule has 64 valence electrons. The van der Waals surface area contributed by atoms with E-state index in [2.05, 4.69) is 0 Å². The Morgan fingerprint density at radius 2 is 1.27 bits per heavy atom. The second-order valence-corrected chi connectivity index (χ2v) is 1.51. The van der Waals surface area contributed by atoms with Crippen LogP contribution in [0.3, 0.4) is 0 Å².